The minimum absolute atomic E-state index is 0.0372. The van der Waals surface area contributed by atoms with Gasteiger partial charge < -0.3 is 18.9 Å². The molecule has 0 spiro atoms. The minimum Gasteiger partial charge on any atom is -0.456 e. The van der Waals surface area contributed by atoms with Gasteiger partial charge in [-0.15, -0.1) is 0 Å². The van der Waals surface area contributed by atoms with Gasteiger partial charge in [0.25, 0.3) is 0 Å². The van der Waals surface area contributed by atoms with Gasteiger partial charge in [0.1, 0.15) is 22.7 Å². The maximum Gasteiger partial charge on any atom is 0.333 e. The monoisotopic (exact) mass is 796 g/mol. The summed E-state index contributed by atoms with van der Waals surface area (Å²) in [6.45, 7) is 16.7. The summed E-state index contributed by atoms with van der Waals surface area (Å²) in [7, 11) is 0. The van der Waals surface area contributed by atoms with Crippen LogP contribution < -0.4 is 25.4 Å². The maximum atomic E-state index is 6.94. The zero-order valence-corrected chi connectivity index (χ0v) is 36.0. The third kappa shape index (κ3) is 4.40. The molecule has 6 heteroatoms. The predicted molar refractivity (Wildman–Crippen MR) is 250 cm³/mol. The summed E-state index contributed by atoms with van der Waals surface area (Å²) in [6, 6.07) is 45.4. The summed E-state index contributed by atoms with van der Waals surface area (Å²) < 4.78 is 13.8. The number of rotatable bonds is 1. The smallest absolute Gasteiger partial charge is 0.333 e. The van der Waals surface area contributed by atoms with E-state index in [1.165, 1.54) is 78.7 Å². The third-order valence-corrected chi connectivity index (χ3v) is 15.9. The van der Waals surface area contributed by atoms with Crippen LogP contribution in [0.5, 0.6) is 11.5 Å². The molecule has 0 saturated heterocycles. The molecule has 4 nitrogen and oxygen atoms in total. The Morgan fingerprint density at radius 2 is 1.33 bits per heavy atom. The average molecular weight is 797 g/mol. The van der Waals surface area contributed by atoms with E-state index in [1.807, 2.05) is 11.8 Å². The maximum absolute atomic E-state index is 6.94. The largest absolute Gasteiger partial charge is 0.456 e. The molecule has 1 aromatic heterocycles. The standard InChI is InChI=1S/C54H45BN2O2S/c1-30-25-35-36(53(4,5)24-23-52(35,2)3)26-39(30)56-40-28-44-47(60-46-22-13-12-21-43(46)59-44)27-37(40)55-50-41(56)29-45-48(31-15-8-11-20-42(31)58-45)49(50)32-16-14-18-34-51(32)57(55)38-19-10-9-17-33(38)54(34,6)7/h8-22,25-29H,23-24H2,1-7H3. The van der Waals surface area contributed by atoms with Crippen LogP contribution in [-0.4, -0.2) is 6.85 Å². The van der Waals surface area contributed by atoms with Gasteiger partial charge in [0.05, 0.1) is 9.79 Å². The summed E-state index contributed by atoms with van der Waals surface area (Å²) in [5.74, 6) is 1.80. The lowest BCUT2D eigenvalue weighted by molar-refractivity contribution is 0.332. The normalized spacial score (nSPS) is 17.8. The van der Waals surface area contributed by atoms with Crippen LogP contribution in [0.15, 0.2) is 136 Å². The van der Waals surface area contributed by atoms with Gasteiger partial charge >= 0.3 is 6.85 Å². The number of furan rings is 1. The zero-order chi connectivity index (χ0) is 40.6. The SMILES string of the molecule is Cc1cc2c(cc1N1c3cc4c(cc3B3c5c1cc1oc6ccccc6c1c5-c1cccc5c1N3c1ccccc1C5(C)C)Sc1ccccc1O4)C(C)(C)CCC2(C)C. The van der Waals surface area contributed by atoms with E-state index in [2.05, 4.69) is 180 Å². The molecule has 4 aliphatic heterocycles. The molecule has 0 amide bonds. The highest BCUT2D eigenvalue weighted by Gasteiger charge is 2.51. The fourth-order valence-electron chi connectivity index (χ4n) is 11.6. The molecule has 0 atom stereocenters. The topological polar surface area (TPSA) is 28.9 Å². The van der Waals surface area contributed by atoms with E-state index in [0.717, 1.165) is 55.6 Å². The van der Waals surface area contributed by atoms with Crippen LogP contribution in [0.4, 0.5) is 28.4 Å². The number of benzene rings is 7. The number of aryl methyl sites for hydroxylation is 1. The molecule has 5 heterocycles. The lowest BCUT2D eigenvalue weighted by Crippen LogP contribution is -2.63. The van der Waals surface area contributed by atoms with Gasteiger partial charge in [-0.2, -0.15) is 0 Å². The summed E-state index contributed by atoms with van der Waals surface area (Å²) in [5, 5.41) is 2.35. The van der Waals surface area contributed by atoms with Crippen molar-refractivity contribution in [2.24, 2.45) is 0 Å². The second-order valence-electron chi connectivity index (χ2n) is 19.6. The Kier molecular flexibility index (Phi) is 6.70. The molecule has 13 rings (SSSR count). The summed E-state index contributed by atoms with van der Waals surface area (Å²) in [5.41, 5.74) is 19.8. The lowest BCUT2D eigenvalue weighted by Gasteiger charge is -2.51. The Hall–Kier alpha value is -5.85. The molecule has 7 aromatic carbocycles. The van der Waals surface area contributed by atoms with Crippen LogP contribution in [0.2, 0.25) is 0 Å². The van der Waals surface area contributed by atoms with Crippen LogP contribution >= 0.6 is 11.8 Å². The molecule has 60 heavy (non-hydrogen) atoms. The van der Waals surface area contributed by atoms with Gasteiger partial charge in [0, 0.05) is 62.3 Å². The Morgan fingerprint density at radius 1 is 0.600 bits per heavy atom. The quantitative estimate of drug-likeness (QED) is 0.154. The van der Waals surface area contributed by atoms with Crippen molar-refractivity contribution in [3.8, 4) is 22.6 Å². The van der Waals surface area contributed by atoms with Crippen LogP contribution in [0, 0.1) is 6.92 Å². The number of nitrogens with zero attached hydrogens (tertiary/aromatic N) is 2. The van der Waals surface area contributed by atoms with Crippen molar-refractivity contribution in [3.05, 3.63) is 149 Å². The number of hydrogen-bond donors (Lipinski definition) is 0. The summed E-state index contributed by atoms with van der Waals surface area (Å²) in [6.07, 6.45) is 2.32. The molecule has 0 bridgehead atoms. The summed E-state index contributed by atoms with van der Waals surface area (Å²) >= 11 is 1.82. The van der Waals surface area contributed by atoms with Crippen LogP contribution in [0.1, 0.15) is 82.2 Å². The van der Waals surface area contributed by atoms with Crippen molar-refractivity contribution in [2.75, 3.05) is 9.71 Å². The van der Waals surface area contributed by atoms with Gasteiger partial charge in [-0.05, 0) is 111 Å². The second kappa shape index (κ2) is 11.5. The van der Waals surface area contributed by atoms with E-state index in [9.17, 15) is 0 Å². The van der Waals surface area contributed by atoms with Gasteiger partial charge in [0.15, 0.2) is 0 Å². The van der Waals surface area contributed by atoms with E-state index >= 15 is 0 Å². The van der Waals surface area contributed by atoms with Crippen molar-refractivity contribution in [1.29, 1.82) is 0 Å². The Bertz CT molecular complexity index is 3250. The molecule has 0 N–H and O–H groups in total. The highest BCUT2D eigenvalue weighted by atomic mass is 32.2. The number of hydrogen-bond acceptors (Lipinski definition) is 5. The molecule has 0 saturated carbocycles. The number of para-hydroxylation sites is 4. The van der Waals surface area contributed by atoms with Crippen molar-refractivity contribution in [1.82, 2.24) is 0 Å². The Labute approximate surface area is 356 Å². The van der Waals surface area contributed by atoms with Crippen LogP contribution in [0.3, 0.4) is 0 Å². The summed E-state index contributed by atoms with van der Waals surface area (Å²) in [4.78, 5) is 7.55. The first kappa shape index (κ1) is 35.0. The van der Waals surface area contributed by atoms with Crippen LogP contribution in [-0.2, 0) is 16.2 Å². The van der Waals surface area contributed by atoms with Gasteiger partial charge in [-0.3, -0.25) is 0 Å². The fourth-order valence-corrected chi connectivity index (χ4v) is 12.6. The van der Waals surface area contributed by atoms with Crippen LogP contribution in [0.25, 0.3) is 33.1 Å². The van der Waals surface area contributed by atoms with E-state index in [0.29, 0.717) is 0 Å². The van der Waals surface area contributed by atoms with Gasteiger partial charge in [-0.1, -0.05) is 126 Å². The van der Waals surface area contributed by atoms with Crippen molar-refractivity contribution in [2.45, 2.75) is 87.3 Å². The predicted octanol–water partition coefficient (Wildman–Crippen LogP) is 13.8. The van der Waals surface area contributed by atoms with E-state index < -0.39 is 0 Å². The number of ether oxygens (including phenoxy) is 1. The van der Waals surface area contributed by atoms with Crippen molar-refractivity contribution >= 4 is 79.9 Å². The average Bonchev–Trinajstić information content (AvgIpc) is 3.62. The minimum atomic E-state index is -0.210. The highest BCUT2D eigenvalue weighted by molar-refractivity contribution is 7.99. The molecule has 8 aromatic rings. The van der Waals surface area contributed by atoms with Gasteiger partial charge in [-0.25, -0.2) is 0 Å². The van der Waals surface area contributed by atoms with Crippen molar-refractivity contribution < 1.29 is 9.15 Å². The molecular weight excluding hydrogens is 751 g/mol. The first-order chi connectivity index (χ1) is 28.9. The third-order valence-electron chi connectivity index (χ3n) is 14.8. The second-order valence-corrected chi connectivity index (χ2v) is 20.7. The van der Waals surface area contributed by atoms with Crippen molar-refractivity contribution in [3.63, 3.8) is 0 Å². The zero-order valence-electron chi connectivity index (χ0n) is 35.2. The molecular formula is C54H45BN2O2S. The molecule has 0 radical (unpaired) electrons. The Balaban J connectivity index is 1.20. The van der Waals surface area contributed by atoms with E-state index in [4.69, 9.17) is 9.15 Å². The number of fused-ring (bicyclic) bond motifs is 13. The first-order valence-electron chi connectivity index (χ1n) is 21.5. The van der Waals surface area contributed by atoms with E-state index in [-0.39, 0.29) is 23.1 Å². The molecule has 0 unspecified atom stereocenters. The molecule has 0 fully saturated rings. The van der Waals surface area contributed by atoms with Gasteiger partial charge in [0.2, 0.25) is 0 Å². The first-order valence-corrected chi connectivity index (χ1v) is 22.3. The highest BCUT2D eigenvalue weighted by Crippen LogP contribution is 2.59. The molecule has 1 aliphatic carbocycles. The lowest BCUT2D eigenvalue weighted by atomic mass is 9.42. The number of anilines is 5. The van der Waals surface area contributed by atoms with E-state index in [1.54, 1.807) is 0 Å². The Morgan fingerprint density at radius 3 is 2.18 bits per heavy atom. The molecule has 5 aliphatic rings. The molecule has 292 valence electrons. The fraction of sp³-hybridized carbons (Fsp3) is 0.222.